The van der Waals surface area contributed by atoms with E-state index in [-0.39, 0.29) is 18.5 Å². The number of halogens is 1. The van der Waals surface area contributed by atoms with Crippen molar-refractivity contribution in [2.75, 3.05) is 6.54 Å². The van der Waals surface area contributed by atoms with E-state index in [9.17, 15) is 14.0 Å². The highest BCUT2D eigenvalue weighted by molar-refractivity contribution is 5.75. The number of carboxylic acid groups (broad SMARTS) is 1. The third kappa shape index (κ3) is 5.05. The molecule has 0 aliphatic carbocycles. The van der Waals surface area contributed by atoms with Crippen molar-refractivity contribution < 1.29 is 19.1 Å². The van der Waals surface area contributed by atoms with Gasteiger partial charge in [0.15, 0.2) is 0 Å². The summed E-state index contributed by atoms with van der Waals surface area (Å²) in [5.74, 6) is -1.77. The van der Waals surface area contributed by atoms with Crippen LogP contribution in [0.5, 0.6) is 0 Å². The summed E-state index contributed by atoms with van der Waals surface area (Å²) in [6.45, 7) is 3.41. The van der Waals surface area contributed by atoms with Crippen LogP contribution in [0.4, 0.5) is 4.39 Å². The van der Waals surface area contributed by atoms with E-state index < -0.39 is 17.8 Å². The summed E-state index contributed by atoms with van der Waals surface area (Å²) in [7, 11) is 0. The minimum absolute atomic E-state index is 0.188. The molecule has 2 atom stereocenters. The quantitative estimate of drug-likeness (QED) is 0.721. The number of nitrogens with one attached hydrogen (secondary N) is 2. The summed E-state index contributed by atoms with van der Waals surface area (Å²) in [4.78, 5) is 22.0. The van der Waals surface area contributed by atoms with Gasteiger partial charge in [0.2, 0.25) is 5.91 Å². The van der Waals surface area contributed by atoms with Crippen LogP contribution in [-0.2, 0) is 9.59 Å². The molecule has 5 nitrogen and oxygen atoms in total. The van der Waals surface area contributed by atoms with Crippen molar-refractivity contribution in [3.63, 3.8) is 0 Å². The number of aliphatic carboxylic acids is 1. The van der Waals surface area contributed by atoms with Gasteiger partial charge in [0.1, 0.15) is 11.9 Å². The number of hydrogen-bond acceptors (Lipinski definition) is 3. The highest BCUT2D eigenvalue weighted by Gasteiger charge is 2.20. The van der Waals surface area contributed by atoms with Crippen LogP contribution >= 0.6 is 0 Å². The predicted molar refractivity (Wildman–Crippen MR) is 68.1 cm³/mol. The Hall–Kier alpha value is -1.95. The Labute approximate surface area is 110 Å². The van der Waals surface area contributed by atoms with Crippen molar-refractivity contribution in [3.05, 3.63) is 35.6 Å². The van der Waals surface area contributed by atoms with Crippen LogP contribution in [0.3, 0.4) is 0 Å². The molecule has 1 aromatic rings. The Morgan fingerprint density at radius 3 is 2.63 bits per heavy atom. The van der Waals surface area contributed by atoms with Gasteiger partial charge in [-0.3, -0.25) is 14.9 Å². The molecule has 104 valence electrons. The number of amides is 1. The number of benzene rings is 1. The van der Waals surface area contributed by atoms with Crippen molar-refractivity contribution in [2.45, 2.75) is 25.9 Å². The molecule has 19 heavy (non-hydrogen) atoms. The average molecular weight is 268 g/mol. The van der Waals surface area contributed by atoms with E-state index >= 15 is 0 Å². The highest BCUT2D eigenvalue weighted by Crippen LogP contribution is 2.14. The Morgan fingerprint density at radius 1 is 1.42 bits per heavy atom. The van der Waals surface area contributed by atoms with Crippen molar-refractivity contribution in [3.8, 4) is 0 Å². The van der Waals surface area contributed by atoms with Crippen molar-refractivity contribution in [1.29, 1.82) is 0 Å². The number of rotatable bonds is 6. The van der Waals surface area contributed by atoms with E-state index in [1.165, 1.54) is 31.2 Å². The second-order valence-electron chi connectivity index (χ2n) is 4.34. The lowest BCUT2D eigenvalue weighted by atomic mass is 10.1. The van der Waals surface area contributed by atoms with Crippen molar-refractivity contribution >= 4 is 11.9 Å². The van der Waals surface area contributed by atoms with E-state index in [1.807, 2.05) is 0 Å². The molecule has 1 rings (SSSR count). The molecule has 0 radical (unpaired) electrons. The lowest BCUT2D eigenvalue weighted by Gasteiger charge is -2.18. The first-order chi connectivity index (χ1) is 8.90. The fourth-order valence-corrected chi connectivity index (χ4v) is 1.73. The molecule has 0 saturated carbocycles. The minimum Gasteiger partial charge on any atom is -0.480 e. The van der Waals surface area contributed by atoms with Gasteiger partial charge in [-0.15, -0.1) is 0 Å². The van der Waals surface area contributed by atoms with E-state index in [1.54, 1.807) is 6.92 Å². The average Bonchev–Trinajstić information content (AvgIpc) is 2.27. The van der Waals surface area contributed by atoms with Gasteiger partial charge in [0.25, 0.3) is 0 Å². The van der Waals surface area contributed by atoms with E-state index in [0.29, 0.717) is 5.56 Å². The first-order valence-corrected chi connectivity index (χ1v) is 5.89. The SMILES string of the molecule is CC(=O)NC(C)CNC(C(=O)O)c1cccc(F)c1. The van der Waals surface area contributed by atoms with Crippen LogP contribution in [0.2, 0.25) is 0 Å². The maximum Gasteiger partial charge on any atom is 0.325 e. The topological polar surface area (TPSA) is 78.4 Å². The van der Waals surface area contributed by atoms with Gasteiger partial charge in [-0.1, -0.05) is 12.1 Å². The number of carbonyl (C=O) groups excluding carboxylic acids is 1. The second-order valence-corrected chi connectivity index (χ2v) is 4.34. The monoisotopic (exact) mass is 268 g/mol. The van der Waals surface area contributed by atoms with Gasteiger partial charge in [-0.25, -0.2) is 4.39 Å². The van der Waals surface area contributed by atoms with Crippen LogP contribution < -0.4 is 10.6 Å². The molecule has 0 spiro atoms. The largest absolute Gasteiger partial charge is 0.480 e. The molecular formula is C13H17FN2O3. The van der Waals surface area contributed by atoms with Gasteiger partial charge in [0.05, 0.1) is 0 Å². The van der Waals surface area contributed by atoms with Crippen LogP contribution in [0.15, 0.2) is 24.3 Å². The summed E-state index contributed by atoms with van der Waals surface area (Å²) in [6, 6.07) is 4.20. The fourth-order valence-electron chi connectivity index (χ4n) is 1.73. The van der Waals surface area contributed by atoms with Crippen molar-refractivity contribution in [2.24, 2.45) is 0 Å². The molecule has 0 heterocycles. The molecule has 1 amide bonds. The van der Waals surface area contributed by atoms with E-state index in [4.69, 9.17) is 5.11 Å². The maximum atomic E-state index is 13.1. The summed E-state index contributed by atoms with van der Waals surface area (Å²) in [5.41, 5.74) is 0.336. The molecule has 0 aromatic heterocycles. The van der Waals surface area contributed by atoms with Crippen LogP contribution in [0.1, 0.15) is 25.5 Å². The van der Waals surface area contributed by atoms with Gasteiger partial charge >= 0.3 is 5.97 Å². The molecule has 1 aromatic carbocycles. The fraction of sp³-hybridized carbons (Fsp3) is 0.385. The Bertz CT molecular complexity index is 465. The first-order valence-electron chi connectivity index (χ1n) is 5.89. The predicted octanol–water partition coefficient (Wildman–Crippen LogP) is 1.07. The van der Waals surface area contributed by atoms with Gasteiger partial charge in [0, 0.05) is 19.5 Å². The normalized spacial score (nSPS) is 13.6. The van der Waals surface area contributed by atoms with Gasteiger partial charge in [-0.2, -0.15) is 0 Å². The zero-order valence-electron chi connectivity index (χ0n) is 10.8. The Balaban J connectivity index is 2.69. The summed E-state index contributed by atoms with van der Waals surface area (Å²) in [6.07, 6.45) is 0. The lowest BCUT2D eigenvalue weighted by Crippen LogP contribution is -2.41. The van der Waals surface area contributed by atoms with Crippen LogP contribution in [-0.4, -0.2) is 29.6 Å². The third-order valence-electron chi connectivity index (χ3n) is 2.51. The number of hydrogen-bond donors (Lipinski definition) is 3. The van der Waals surface area contributed by atoms with Gasteiger partial charge in [-0.05, 0) is 24.6 Å². The van der Waals surface area contributed by atoms with Crippen LogP contribution in [0.25, 0.3) is 0 Å². The first kappa shape index (κ1) is 15.1. The molecule has 0 saturated heterocycles. The van der Waals surface area contributed by atoms with E-state index in [0.717, 1.165) is 0 Å². The Morgan fingerprint density at radius 2 is 2.11 bits per heavy atom. The smallest absolute Gasteiger partial charge is 0.325 e. The number of carbonyl (C=O) groups is 2. The zero-order valence-corrected chi connectivity index (χ0v) is 10.8. The molecule has 0 fully saturated rings. The molecule has 3 N–H and O–H groups in total. The summed E-state index contributed by atoms with van der Waals surface area (Å²) < 4.78 is 13.1. The summed E-state index contributed by atoms with van der Waals surface area (Å²) >= 11 is 0. The van der Waals surface area contributed by atoms with E-state index in [2.05, 4.69) is 10.6 Å². The van der Waals surface area contributed by atoms with Gasteiger partial charge < -0.3 is 10.4 Å². The third-order valence-corrected chi connectivity index (χ3v) is 2.51. The standard InChI is InChI=1S/C13H17FN2O3/c1-8(16-9(2)17)7-15-12(13(18)19)10-4-3-5-11(14)6-10/h3-6,8,12,15H,7H2,1-2H3,(H,16,17)(H,18,19). The maximum absolute atomic E-state index is 13.1. The van der Waals surface area contributed by atoms with Crippen molar-refractivity contribution in [1.82, 2.24) is 10.6 Å². The summed E-state index contributed by atoms with van der Waals surface area (Å²) in [5, 5.41) is 14.6. The second kappa shape index (κ2) is 6.84. The molecule has 6 heteroatoms. The molecular weight excluding hydrogens is 251 g/mol. The Kier molecular flexibility index (Phi) is 5.44. The molecule has 0 bridgehead atoms. The zero-order chi connectivity index (χ0) is 14.4. The highest BCUT2D eigenvalue weighted by atomic mass is 19.1. The number of carboxylic acids is 1. The lowest BCUT2D eigenvalue weighted by molar-refractivity contribution is -0.139. The van der Waals surface area contributed by atoms with Crippen LogP contribution in [0, 0.1) is 5.82 Å². The molecule has 0 aliphatic heterocycles. The minimum atomic E-state index is -1.10. The molecule has 0 aliphatic rings. The molecule has 2 unspecified atom stereocenters.